The van der Waals surface area contributed by atoms with E-state index in [-0.39, 0.29) is 5.82 Å². The molecule has 0 spiro atoms. The number of hydrogen-bond acceptors (Lipinski definition) is 1. The largest absolute Gasteiger partial charge is 0.313 e. The highest BCUT2D eigenvalue weighted by Gasteiger charge is 2.35. The first kappa shape index (κ1) is 14.5. The van der Waals surface area contributed by atoms with E-state index in [0.717, 1.165) is 11.1 Å². The topological polar surface area (TPSA) is 12.0 Å². The third-order valence-electron chi connectivity index (χ3n) is 4.77. The second kappa shape index (κ2) is 5.62. The van der Waals surface area contributed by atoms with Gasteiger partial charge in [0.25, 0.3) is 0 Å². The Morgan fingerprint density at radius 1 is 1.11 bits per heavy atom. The van der Waals surface area contributed by atoms with Gasteiger partial charge in [0.05, 0.1) is 0 Å². The number of nitrogens with one attached hydrogen (secondary N) is 1. The molecule has 0 aliphatic heterocycles. The Morgan fingerprint density at radius 2 is 1.63 bits per heavy atom. The van der Waals surface area contributed by atoms with Crippen LogP contribution >= 0.6 is 0 Å². The van der Waals surface area contributed by atoms with E-state index in [4.69, 9.17) is 0 Å². The Bertz CT molecular complexity index is 424. The van der Waals surface area contributed by atoms with E-state index in [1.54, 1.807) is 0 Å². The molecule has 1 saturated carbocycles. The summed E-state index contributed by atoms with van der Waals surface area (Å²) >= 11 is 0. The van der Waals surface area contributed by atoms with Gasteiger partial charge in [-0.05, 0) is 55.8 Å². The summed E-state index contributed by atoms with van der Waals surface area (Å²) in [5.74, 6) is -0.0626. The molecule has 1 atom stereocenters. The smallest absolute Gasteiger partial charge is 0.129 e. The van der Waals surface area contributed by atoms with Crippen molar-refractivity contribution >= 4 is 0 Å². The van der Waals surface area contributed by atoms with Crippen LogP contribution in [0.25, 0.3) is 0 Å². The molecule has 1 aromatic rings. The molecule has 1 unspecified atom stereocenters. The summed E-state index contributed by atoms with van der Waals surface area (Å²) in [6.07, 6.45) is 6.50. The Morgan fingerprint density at radius 3 is 2.11 bits per heavy atom. The summed E-state index contributed by atoms with van der Waals surface area (Å²) in [6, 6.07) is 4.36. The van der Waals surface area contributed by atoms with E-state index in [1.807, 2.05) is 33.0 Å². The lowest BCUT2D eigenvalue weighted by Gasteiger charge is -2.41. The van der Waals surface area contributed by atoms with E-state index in [1.165, 1.54) is 37.7 Å². The van der Waals surface area contributed by atoms with Crippen LogP contribution in [0.1, 0.15) is 61.8 Å². The van der Waals surface area contributed by atoms with Crippen molar-refractivity contribution in [2.75, 3.05) is 7.05 Å². The fourth-order valence-electron chi connectivity index (χ4n) is 3.71. The predicted molar refractivity (Wildman–Crippen MR) is 78.9 cm³/mol. The van der Waals surface area contributed by atoms with Crippen LogP contribution in [0.2, 0.25) is 0 Å². The van der Waals surface area contributed by atoms with Gasteiger partial charge in [0.2, 0.25) is 0 Å². The van der Waals surface area contributed by atoms with Crippen molar-refractivity contribution in [1.82, 2.24) is 5.32 Å². The number of rotatable bonds is 3. The normalized spacial score (nSPS) is 20.3. The highest BCUT2D eigenvalue weighted by Crippen LogP contribution is 2.45. The molecule has 2 heteroatoms. The van der Waals surface area contributed by atoms with Crippen LogP contribution in [0.15, 0.2) is 12.1 Å². The van der Waals surface area contributed by atoms with Gasteiger partial charge in [0.1, 0.15) is 5.82 Å². The average molecular weight is 263 g/mol. The molecular weight excluding hydrogens is 237 g/mol. The first-order chi connectivity index (χ1) is 8.98. The van der Waals surface area contributed by atoms with Crippen molar-refractivity contribution in [2.45, 2.75) is 58.9 Å². The minimum absolute atomic E-state index is 0.0626. The van der Waals surface area contributed by atoms with Gasteiger partial charge in [-0.2, -0.15) is 0 Å². The van der Waals surface area contributed by atoms with Crippen LogP contribution in [0.4, 0.5) is 4.39 Å². The first-order valence-corrected chi connectivity index (χ1v) is 7.42. The molecule has 19 heavy (non-hydrogen) atoms. The van der Waals surface area contributed by atoms with Crippen LogP contribution in [0.3, 0.4) is 0 Å². The summed E-state index contributed by atoms with van der Waals surface area (Å²) < 4.78 is 13.8. The van der Waals surface area contributed by atoms with Gasteiger partial charge < -0.3 is 5.32 Å². The third kappa shape index (κ3) is 2.84. The molecule has 1 fully saturated rings. The molecule has 1 N–H and O–H groups in total. The molecule has 1 aromatic carbocycles. The maximum absolute atomic E-state index is 13.8. The summed E-state index contributed by atoms with van der Waals surface area (Å²) in [4.78, 5) is 0. The Labute approximate surface area is 116 Å². The third-order valence-corrected chi connectivity index (χ3v) is 4.77. The van der Waals surface area contributed by atoms with Gasteiger partial charge in [0, 0.05) is 6.04 Å². The molecule has 0 bridgehead atoms. The molecule has 0 heterocycles. The molecule has 1 nitrogen and oxygen atoms in total. The summed E-state index contributed by atoms with van der Waals surface area (Å²) in [6.45, 7) is 6.10. The minimum Gasteiger partial charge on any atom is -0.313 e. The number of halogens is 1. The summed E-state index contributed by atoms with van der Waals surface area (Å²) in [5, 5.41) is 3.48. The fourth-order valence-corrected chi connectivity index (χ4v) is 3.71. The second-order valence-electron chi connectivity index (χ2n) is 6.41. The second-order valence-corrected chi connectivity index (χ2v) is 6.41. The van der Waals surface area contributed by atoms with Crippen LogP contribution in [0.5, 0.6) is 0 Å². The van der Waals surface area contributed by atoms with Crippen molar-refractivity contribution in [3.8, 4) is 0 Å². The quantitative estimate of drug-likeness (QED) is 0.835. The predicted octanol–water partition coefficient (Wildman–Crippen LogP) is 4.67. The summed E-state index contributed by atoms with van der Waals surface area (Å²) in [5.41, 5.74) is 3.05. The van der Waals surface area contributed by atoms with Gasteiger partial charge in [0.15, 0.2) is 0 Å². The van der Waals surface area contributed by atoms with E-state index in [2.05, 4.69) is 12.2 Å². The molecule has 0 saturated heterocycles. The lowest BCUT2D eigenvalue weighted by atomic mass is 9.68. The number of hydrogen-bond donors (Lipinski definition) is 1. The van der Waals surface area contributed by atoms with Crippen LogP contribution in [0, 0.1) is 25.1 Å². The van der Waals surface area contributed by atoms with E-state index in [9.17, 15) is 4.39 Å². The SMILES string of the molecule is CNC(c1cc(C)c(F)c(C)c1)C1(C)CCCCC1. The van der Waals surface area contributed by atoms with E-state index >= 15 is 0 Å². The molecule has 1 aliphatic rings. The zero-order valence-electron chi connectivity index (χ0n) is 12.6. The molecule has 0 amide bonds. The van der Waals surface area contributed by atoms with Gasteiger partial charge >= 0.3 is 0 Å². The molecular formula is C17H26FN. The lowest BCUT2D eigenvalue weighted by Crippen LogP contribution is -2.36. The van der Waals surface area contributed by atoms with Crippen molar-refractivity contribution in [3.63, 3.8) is 0 Å². The average Bonchev–Trinajstić information content (AvgIpc) is 2.37. The molecule has 0 aromatic heterocycles. The zero-order chi connectivity index (χ0) is 14.0. The molecule has 2 rings (SSSR count). The van der Waals surface area contributed by atoms with E-state index in [0.29, 0.717) is 11.5 Å². The lowest BCUT2D eigenvalue weighted by molar-refractivity contribution is 0.150. The number of aryl methyl sites for hydroxylation is 2. The van der Waals surface area contributed by atoms with E-state index < -0.39 is 0 Å². The molecule has 106 valence electrons. The van der Waals surface area contributed by atoms with Crippen molar-refractivity contribution in [3.05, 3.63) is 34.6 Å². The highest BCUT2D eigenvalue weighted by atomic mass is 19.1. The van der Waals surface area contributed by atoms with Crippen LogP contribution in [-0.4, -0.2) is 7.05 Å². The molecule has 1 aliphatic carbocycles. The number of benzene rings is 1. The summed E-state index contributed by atoms with van der Waals surface area (Å²) in [7, 11) is 2.03. The van der Waals surface area contributed by atoms with Crippen LogP contribution < -0.4 is 5.32 Å². The van der Waals surface area contributed by atoms with Crippen molar-refractivity contribution in [1.29, 1.82) is 0 Å². The Kier molecular flexibility index (Phi) is 4.29. The van der Waals surface area contributed by atoms with Gasteiger partial charge in [-0.25, -0.2) is 4.39 Å². The van der Waals surface area contributed by atoms with Crippen molar-refractivity contribution in [2.24, 2.45) is 5.41 Å². The maximum atomic E-state index is 13.8. The van der Waals surface area contributed by atoms with Crippen molar-refractivity contribution < 1.29 is 4.39 Å². The first-order valence-electron chi connectivity index (χ1n) is 7.42. The Hall–Kier alpha value is -0.890. The van der Waals surface area contributed by atoms with Gasteiger partial charge in [-0.15, -0.1) is 0 Å². The fraction of sp³-hybridized carbons (Fsp3) is 0.647. The zero-order valence-corrected chi connectivity index (χ0v) is 12.6. The highest BCUT2D eigenvalue weighted by molar-refractivity contribution is 5.33. The minimum atomic E-state index is -0.0626. The van der Waals surface area contributed by atoms with Gasteiger partial charge in [-0.1, -0.05) is 38.3 Å². The Balaban J connectivity index is 2.36. The maximum Gasteiger partial charge on any atom is 0.129 e. The monoisotopic (exact) mass is 263 g/mol. The van der Waals surface area contributed by atoms with Crippen LogP contribution in [-0.2, 0) is 0 Å². The van der Waals surface area contributed by atoms with Gasteiger partial charge in [-0.3, -0.25) is 0 Å². The standard InChI is InChI=1S/C17H26FN/c1-12-10-14(11-13(2)15(12)18)16(19-4)17(3)8-6-5-7-9-17/h10-11,16,19H,5-9H2,1-4H3. The molecule has 0 radical (unpaired) electrons.